The van der Waals surface area contributed by atoms with E-state index in [0.717, 1.165) is 116 Å². The van der Waals surface area contributed by atoms with Crippen molar-refractivity contribution in [2.75, 3.05) is 0 Å². The molecule has 2 heteroatoms. The average Bonchev–Trinajstić information content (AvgIpc) is 4.20. The van der Waals surface area contributed by atoms with Crippen LogP contribution in [0.3, 0.4) is 0 Å². The number of nitrogens with zero attached hydrogens (tertiary/aromatic N) is 2. The van der Waals surface area contributed by atoms with E-state index >= 15 is 0 Å². The van der Waals surface area contributed by atoms with Crippen LogP contribution in [-0.2, 0) is 5.41 Å². The number of para-hydroxylation sites is 2. The van der Waals surface area contributed by atoms with Gasteiger partial charge in [0.15, 0.2) is 0 Å². The van der Waals surface area contributed by atoms with Crippen LogP contribution in [0.15, 0.2) is 303 Å². The minimum atomic E-state index is -0.716. The van der Waals surface area contributed by atoms with Crippen LogP contribution in [-0.4, -0.2) is 9.13 Å². The molecular weight excluding hydrogens is 905 g/mol. The highest BCUT2D eigenvalue weighted by atomic mass is 15.0. The van der Waals surface area contributed by atoms with Crippen molar-refractivity contribution in [3.8, 4) is 55.9 Å². The lowest BCUT2D eigenvalue weighted by atomic mass is 9.64. The van der Waals surface area contributed by atoms with Gasteiger partial charge in [0.25, 0.3) is 0 Å². The van der Waals surface area contributed by atoms with E-state index in [0.29, 0.717) is 0 Å². The van der Waals surface area contributed by atoms with Crippen molar-refractivity contribution in [3.63, 3.8) is 0 Å². The topological polar surface area (TPSA) is 9.86 Å². The number of rotatable bonds is 10. The highest BCUT2D eigenvalue weighted by Gasteiger charge is 2.39. The van der Waals surface area contributed by atoms with Crippen molar-refractivity contribution in [3.05, 3.63) is 325 Å². The minimum Gasteiger partial charge on any atom is -0.309 e. The third kappa shape index (κ3) is 7.33. The van der Waals surface area contributed by atoms with Crippen molar-refractivity contribution in [1.29, 1.82) is 0 Å². The highest BCUT2D eigenvalue weighted by molar-refractivity contribution is 6.14. The van der Waals surface area contributed by atoms with Gasteiger partial charge in [-0.15, -0.1) is 0 Å². The largest absolute Gasteiger partial charge is 0.309 e. The first-order chi connectivity index (χ1) is 39.3. The van der Waals surface area contributed by atoms with Crippen molar-refractivity contribution in [2.24, 2.45) is 0 Å². The summed E-state index contributed by atoms with van der Waals surface area (Å²) in [5, 5.41) is 3.96. The molecule has 0 spiro atoms. The molecule has 12 aromatic carbocycles. The van der Waals surface area contributed by atoms with E-state index in [4.69, 9.17) is 4.11 Å². The zero-order chi connectivity index (χ0) is 54.1. The fourth-order valence-corrected chi connectivity index (χ4v) is 11.9. The molecule has 14 rings (SSSR count). The molecule has 75 heavy (non-hydrogen) atoms. The quantitative estimate of drug-likeness (QED) is 0.121. The van der Waals surface area contributed by atoms with Crippen molar-refractivity contribution >= 4 is 43.6 Å². The molecule has 0 N–H and O–H groups in total. The summed E-state index contributed by atoms with van der Waals surface area (Å²) in [4.78, 5) is 0. The molecule has 352 valence electrons. The van der Waals surface area contributed by atoms with Gasteiger partial charge in [0.05, 0.1) is 34.3 Å². The van der Waals surface area contributed by atoms with Crippen LogP contribution >= 0.6 is 0 Å². The Morgan fingerprint density at radius 3 is 1.36 bits per heavy atom. The number of aromatic nitrogens is 2. The second-order valence-electron chi connectivity index (χ2n) is 19.2. The molecule has 0 aliphatic carbocycles. The molecule has 2 aromatic heterocycles. The number of hydrogen-bond donors (Lipinski definition) is 0. The van der Waals surface area contributed by atoms with E-state index < -0.39 is 11.5 Å². The maximum Gasteiger partial charge on any atom is 0.0702 e. The molecule has 0 aliphatic heterocycles. The molecule has 0 fully saturated rings. The van der Waals surface area contributed by atoms with Crippen LogP contribution in [0.25, 0.3) is 99.5 Å². The van der Waals surface area contributed by atoms with E-state index in [1.165, 1.54) is 0 Å². The van der Waals surface area contributed by atoms with Gasteiger partial charge in [-0.1, -0.05) is 237 Å². The monoisotopic (exact) mass is 959 g/mol. The summed E-state index contributed by atoms with van der Waals surface area (Å²) in [6.45, 7) is 0. The maximum absolute atomic E-state index is 9.30. The number of fused-ring (bicyclic) bond motifs is 6. The van der Waals surface area contributed by atoms with Crippen LogP contribution in [0.5, 0.6) is 0 Å². The summed E-state index contributed by atoms with van der Waals surface area (Å²) in [6.07, 6.45) is 0. The van der Waals surface area contributed by atoms with Crippen molar-refractivity contribution in [2.45, 2.75) is 5.41 Å². The van der Waals surface area contributed by atoms with E-state index in [2.05, 4.69) is 253 Å². The number of benzene rings is 12. The Morgan fingerprint density at radius 2 is 0.720 bits per heavy atom. The highest BCUT2D eigenvalue weighted by Crippen LogP contribution is 2.49. The first-order valence-electron chi connectivity index (χ1n) is 28.0. The summed E-state index contributed by atoms with van der Waals surface area (Å²) < 4.78 is 49.0. The van der Waals surface area contributed by atoms with Gasteiger partial charge >= 0.3 is 0 Å². The van der Waals surface area contributed by atoms with E-state index in [1.54, 1.807) is 0 Å². The smallest absolute Gasteiger partial charge is 0.0702 e. The van der Waals surface area contributed by atoms with Crippen LogP contribution < -0.4 is 0 Å². The van der Waals surface area contributed by atoms with Crippen LogP contribution in [0.2, 0.25) is 0 Å². The van der Waals surface area contributed by atoms with Gasteiger partial charge in [0.1, 0.15) is 0 Å². The lowest BCUT2D eigenvalue weighted by Crippen LogP contribution is -2.31. The molecule has 0 radical (unpaired) electrons. The number of hydrogen-bond acceptors (Lipinski definition) is 0. The molecular formula is C73H50N2. The Morgan fingerprint density at radius 1 is 0.267 bits per heavy atom. The molecule has 0 saturated heterocycles. The Labute approximate surface area is 444 Å². The zero-order valence-corrected chi connectivity index (χ0v) is 40.9. The third-order valence-electron chi connectivity index (χ3n) is 15.2. The van der Waals surface area contributed by atoms with Crippen molar-refractivity contribution < 1.29 is 6.85 Å². The lowest BCUT2D eigenvalue weighted by Gasteiger charge is -2.37. The first-order valence-corrected chi connectivity index (χ1v) is 25.5. The second kappa shape index (κ2) is 18.4. The minimum absolute atomic E-state index is 0.102. The molecule has 14 aromatic rings. The average molecular weight is 960 g/mol. The normalized spacial score (nSPS) is 12.7. The summed E-state index contributed by atoms with van der Waals surface area (Å²) in [7, 11) is 0. The van der Waals surface area contributed by atoms with Gasteiger partial charge in [-0.2, -0.15) is 0 Å². The molecule has 0 bridgehead atoms. The predicted octanol–water partition coefficient (Wildman–Crippen LogP) is 18.9. The SMILES string of the molecule is [2H]c1c([2H])c([2H])c(-n2c3ccc(-c4c(-c5ccccc5)cccc4-c4ccccc4)cc3c3cc(-n4c5ccccc5c5cc(C(c6ccccc6)(c6ccccc6)c6cccc(-c7ccccc7)c6)ccc54)ccc32)c([2H])c1[2H]. The second-order valence-corrected chi connectivity index (χ2v) is 19.2. The summed E-state index contributed by atoms with van der Waals surface area (Å²) in [5.41, 5.74) is 17.1. The predicted molar refractivity (Wildman–Crippen MR) is 315 cm³/mol. The molecule has 2 nitrogen and oxygen atoms in total. The Kier molecular flexibility index (Phi) is 9.52. The maximum atomic E-state index is 9.30. The fourth-order valence-electron chi connectivity index (χ4n) is 11.9. The van der Waals surface area contributed by atoms with E-state index in [-0.39, 0.29) is 29.9 Å². The van der Waals surface area contributed by atoms with Gasteiger partial charge in [-0.3, -0.25) is 0 Å². The Hall–Kier alpha value is -9.76. The summed E-state index contributed by atoms with van der Waals surface area (Å²) >= 11 is 0. The van der Waals surface area contributed by atoms with Gasteiger partial charge in [0, 0.05) is 32.9 Å². The van der Waals surface area contributed by atoms with E-state index in [1.807, 2.05) is 28.8 Å². The Bertz CT molecular complexity index is 4560. The van der Waals surface area contributed by atoms with Gasteiger partial charge in [-0.05, 0) is 133 Å². The molecule has 0 saturated carbocycles. The molecule has 0 unspecified atom stereocenters. The van der Waals surface area contributed by atoms with Gasteiger partial charge in [0.2, 0.25) is 0 Å². The lowest BCUT2D eigenvalue weighted by molar-refractivity contribution is 0.747. The van der Waals surface area contributed by atoms with Gasteiger partial charge in [-0.25, -0.2) is 0 Å². The standard InChI is InChI=1S/C73H50N2/c1-7-23-51(24-8-1)54-29-21-34-58(47-54)73(56-30-13-4-14-31-56,57-32-15-5-16-33-57)59-42-45-70-66(49-59)64-37-19-20-40-68(64)75(70)61-43-46-71-67(50-61)65-48-55(41-44-69(65)74(71)60-35-17-6-18-36-60)72-62(52-25-9-2-10-26-52)38-22-39-63(72)53-27-11-3-12-28-53/h1-50H/i6D,17D,18D,35D,36D. The van der Waals surface area contributed by atoms with Crippen molar-refractivity contribution in [1.82, 2.24) is 9.13 Å². The Balaban J connectivity index is 1.03. The van der Waals surface area contributed by atoms with E-state index in [9.17, 15) is 2.74 Å². The third-order valence-corrected chi connectivity index (χ3v) is 15.2. The van der Waals surface area contributed by atoms with Crippen LogP contribution in [0.4, 0.5) is 0 Å². The van der Waals surface area contributed by atoms with Crippen LogP contribution in [0, 0.1) is 0 Å². The molecule has 0 aliphatic rings. The zero-order valence-electron chi connectivity index (χ0n) is 45.9. The molecule has 2 heterocycles. The van der Waals surface area contributed by atoms with Gasteiger partial charge < -0.3 is 9.13 Å². The van der Waals surface area contributed by atoms with Crippen LogP contribution in [0.1, 0.15) is 29.1 Å². The molecule has 0 amide bonds. The summed E-state index contributed by atoms with van der Waals surface area (Å²) in [5.74, 6) is 0. The molecule has 0 atom stereocenters. The summed E-state index contributed by atoms with van der Waals surface area (Å²) in [6, 6.07) is 95.2. The fraction of sp³-hybridized carbons (Fsp3) is 0.0137. The first kappa shape index (κ1) is 38.9.